The zero-order chi connectivity index (χ0) is 30.2. The van der Waals surface area contributed by atoms with Crippen LogP contribution < -0.4 is 14.6 Å². The topological polar surface area (TPSA) is 147 Å². The Labute approximate surface area is 248 Å². The van der Waals surface area contributed by atoms with Crippen LogP contribution in [0.2, 0.25) is 0 Å². The first-order valence-electron chi connectivity index (χ1n) is 13.7. The maximum absolute atomic E-state index is 11.5. The number of fused-ring (bicyclic) bond motifs is 4. The maximum atomic E-state index is 11.5. The number of ether oxygens (including phenoxy) is 1. The summed E-state index contributed by atoms with van der Waals surface area (Å²) in [4.78, 5) is 0. The summed E-state index contributed by atoms with van der Waals surface area (Å²) >= 11 is 0. The van der Waals surface area contributed by atoms with Crippen LogP contribution in [0.5, 0.6) is 5.75 Å². The van der Waals surface area contributed by atoms with Gasteiger partial charge >= 0.3 is 5.89 Å². The van der Waals surface area contributed by atoms with Crippen molar-refractivity contribution in [1.82, 2.24) is 0 Å². The number of rotatable bonds is 10. The smallest absolute Gasteiger partial charge is 0.374 e. The van der Waals surface area contributed by atoms with Gasteiger partial charge < -0.3 is 14.5 Å². The van der Waals surface area contributed by atoms with Crippen molar-refractivity contribution >= 4 is 64.6 Å². The minimum Gasteiger partial charge on any atom is -0.439 e. The van der Waals surface area contributed by atoms with E-state index in [1.54, 1.807) is 18.2 Å². The van der Waals surface area contributed by atoms with E-state index in [2.05, 4.69) is 5.32 Å². The fourth-order valence-electron chi connectivity index (χ4n) is 5.44. The van der Waals surface area contributed by atoms with E-state index in [1.165, 1.54) is 0 Å². The Balaban J connectivity index is 1.37. The molecule has 1 aliphatic heterocycles. The molecule has 0 bridgehead atoms. The molecule has 5 aromatic rings. The lowest BCUT2D eigenvalue weighted by molar-refractivity contribution is -0.678. The number of hydrogen-bond donors (Lipinski definition) is 3. The average Bonchev–Trinajstić information content (AvgIpc) is 3.50. The van der Waals surface area contributed by atoms with Crippen LogP contribution in [0.15, 0.2) is 89.2 Å². The van der Waals surface area contributed by atoms with Crippen molar-refractivity contribution in [1.29, 1.82) is 0 Å². The molecule has 0 saturated heterocycles. The van der Waals surface area contributed by atoms with Crippen molar-refractivity contribution < 1.29 is 39.7 Å². The largest absolute Gasteiger partial charge is 0.439 e. The second-order valence-electron chi connectivity index (χ2n) is 10.4. The quantitative estimate of drug-likeness (QED) is 0.136. The summed E-state index contributed by atoms with van der Waals surface area (Å²) in [5, 5.41) is 7.19. The van der Waals surface area contributed by atoms with Crippen LogP contribution in [0.4, 0.5) is 5.69 Å². The fraction of sp³-hybridized carbons (Fsp3) is 0.194. The van der Waals surface area contributed by atoms with Crippen molar-refractivity contribution in [2.24, 2.45) is 0 Å². The molecule has 0 saturated carbocycles. The molecule has 10 nitrogen and oxygen atoms in total. The molecule has 222 valence electrons. The Morgan fingerprint density at radius 1 is 0.837 bits per heavy atom. The first kappa shape index (κ1) is 28.9. The molecule has 0 unspecified atom stereocenters. The van der Waals surface area contributed by atoms with E-state index in [4.69, 9.17) is 9.15 Å². The molecule has 43 heavy (non-hydrogen) atoms. The van der Waals surface area contributed by atoms with Gasteiger partial charge in [0.15, 0.2) is 18.2 Å². The number of nitrogens with zero attached hydrogens (tertiary/aromatic N) is 1. The Morgan fingerprint density at radius 2 is 1.51 bits per heavy atom. The second kappa shape index (κ2) is 11.5. The van der Waals surface area contributed by atoms with Gasteiger partial charge in [-0.1, -0.05) is 48.5 Å². The van der Waals surface area contributed by atoms with E-state index in [0.29, 0.717) is 35.0 Å². The Hall–Kier alpha value is -4.23. The molecule has 12 heteroatoms. The van der Waals surface area contributed by atoms with E-state index in [9.17, 15) is 25.9 Å². The lowest BCUT2D eigenvalue weighted by Gasteiger charge is -2.06. The molecule has 0 radical (unpaired) electrons. The first-order chi connectivity index (χ1) is 20.5. The zero-order valence-electron chi connectivity index (χ0n) is 22.9. The highest BCUT2D eigenvalue weighted by molar-refractivity contribution is 7.86. The maximum Gasteiger partial charge on any atom is 0.374 e. The lowest BCUT2D eigenvalue weighted by Crippen LogP contribution is -2.37. The number of oxazole rings is 1. The normalized spacial score (nSPS) is 14.6. The summed E-state index contributed by atoms with van der Waals surface area (Å²) in [6.45, 7) is 0.208. The van der Waals surface area contributed by atoms with Crippen LogP contribution in [0.3, 0.4) is 0 Å². The molecule has 1 aliphatic rings. The Morgan fingerprint density at radius 3 is 2.26 bits per heavy atom. The van der Waals surface area contributed by atoms with Gasteiger partial charge in [0.2, 0.25) is 5.58 Å². The standard InChI is InChI=1S/C31H28N2O8S2/c34-42(35,36)16-6-12-25-24-11-4-3-10-23(24)20-28-31(25)33(15-7-17-43(37,38)39)30(41-28)14-5-13-29-32-26-18-21-8-1-2-9-22(21)19-27(26)40-29/h1-5,8-11,13-14,18-20H,6-7,12,15-17H2,(H2,34,35,36,37,38,39)/p+1. The number of hydrogen-bond acceptors (Lipinski definition) is 7. The molecule has 0 amide bonds. The summed E-state index contributed by atoms with van der Waals surface area (Å²) in [7, 11) is -8.33. The van der Waals surface area contributed by atoms with Crippen LogP contribution in [0, 0.1) is 0 Å². The van der Waals surface area contributed by atoms with Gasteiger partial charge in [0.25, 0.3) is 25.8 Å². The van der Waals surface area contributed by atoms with E-state index in [1.807, 2.05) is 71.3 Å². The highest BCUT2D eigenvalue weighted by Gasteiger charge is 2.27. The monoisotopic (exact) mass is 621 g/mol. The van der Waals surface area contributed by atoms with Crippen molar-refractivity contribution in [3.63, 3.8) is 0 Å². The van der Waals surface area contributed by atoms with Gasteiger partial charge in [-0.05, 0) is 64.7 Å². The van der Waals surface area contributed by atoms with E-state index < -0.39 is 31.7 Å². The minimum absolute atomic E-state index is 0.116. The predicted octanol–water partition coefficient (Wildman–Crippen LogP) is 5.48. The Bertz CT molecular complexity index is 2100. The van der Waals surface area contributed by atoms with Crippen LogP contribution in [-0.4, -0.2) is 37.4 Å². The Kier molecular flexibility index (Phi) is 7.69. The molecule has 4 aromatic carbocycles. The molecular formula is C31H29N2O8S2+. The highest BCUT2D eigenvalue weighted by Crippen LogP contribution is 2.37. The summed E-state index contributed by atoms with van der Waals surface area (Å²) < 4.78 is 78.5. The van der Waals surface area contributed by atoms with Gasteiger partial charge in [-0.15, -0.1) is 0 Å². The molecule has 0 spiro atoms. The van der Waals surface area contributed by atoms with Crippen LogP contribution in [0.25, 0.3) is 38.7 Å². The molecule has 1 aromatic heterocycles. The van der Waals surface area contributed by atoms with Gasteiger partial charge in [-0.25, -0.2) is 0 Å². The van der Waals surface area contributed by atoms with Crippen LogP contribution in [-0.2, 0) is 33.2 Å². The van der Waals surface area contributed by atoms with Crippen LogP contribution in [0.1, 0.15) is 24.3 Å². The summed E-state index contributed by atoms with van der Waals surface area (Å²) in [6, 6.07) is 21.5. The van der Waals surface area contributed by atoms with Crippen LogP contribution >= 0.6 is 0 Å². The van der Waals surface area contributed by atoms with Gasteiger partial charge in [0.05, 0.1) is 23.3 Å². The molecule has 2 heterocycles. The SMILES string of the molecule is O=S(=O)(O)CCCc1c2ccccc2cc2oc(C=CC=C3Nc4cc5ccccc5cc4O3)[n+](CCCS(=O)(=O)O)c12. The average molecular weight is 622 g/mol. The number of aromatic nitrogens is 1. The van der Waals surface area contributed by atoms with Crippen molar-refractivity contribution in [3.05, 3.63) is 96.2 Å². The number of allylic oxidation sites excluding steroid dienone is 2. The minimum atomic E-state index is -4.18. The van der Waals surface area contributed by atoms with Gasteiger partial charge in [-0.3, -0.25) is 9.11 Å². The number of nitrogens with one attached hydrogen (secondary N) is 1. The third-order valence-electron chi connectivity index (χ3n) is 7.27. The molecule has 0 fully saturated rings. The predicted molar refractivity (Wildman–Crippen MR) is 165 cm³/mol. The van der Waals surface area contributed by atoms with Crippen molar-refractivity contribution in [2.75, 3.05) is 16.8 Å². The van der Waals surface area contributed by atoms with Gasteiger partial charge in [-0.2, -0.15) is 21.4 Å². The molecule has 0 atom stereocenters. The zero-order valence-corrected chi connectivity index (χ0v) is 24.6. The molecule has 6 rings (SSSR count). The third kappa shape index (κ3) is 6.57. The first-order valence-corrected chi connectivity index (χ1v) is 16.9. The fourth-order valence-corrected chi connectivity index (χ4v) is 6.45. The molecule has 0 aliphatic carbocycles. The summed E-state index contributed by atoms with van der Waals surface area (Å²) in [5.74, 6) is 0.824. The van der Waals surface area contributed by atoms with E-state index in [0.717, 1.165) is 32.8 Å². The number of benzene rings is 4. The second-order valence-corrected chi connectivity index (χ2v) is 13.5. The van der Waals surface area contributed by atoms with Crippen molar-refractivity contribution in [3.8, 4) is 5.75 Å². The third-order valence-corrected chi connectivity index (χ3v) is 8.88. The van der Waals surface area contributed by atoms with E-state index in [-0.39, 0.29) is 19.4 Å². The highest BCUT2D eigenvalue weighted by atomic mass is 32.2. The van der Waals surface area contributed by atoms with E-state index >= 15 is 0 Å². The number of aryl methyl sites for hydroxylation is 2. The van der Waals surface area contributed by atoms with Gasteiger partial charge in [0, 0.05) is 12.0 Å². The van der Waals surface area contributed by atoms with Gasteiger partial charge in [0.1, 0.15) is 0 Å². The van der Waals surface area contributed by atoms with Crippen molar-refractivity contribution in [2.45, 2.75) is 25.8 Å². The summed E-state index contributed by atoms with van der Waals surface area (Å²) in [6.07, 6.45) is 5.86. The lowest BCUT2D eigenvalue weighted by atomic mass is 9.99. The number of anilines is 1. The summed E-state index contributed by atoms with van der Waals surface area (Å²) in [5.41, 5.74) is 2.89. The molecule has 3 N–H and O–H groups in total. The molecular weight excluding hydrogens is 592 g/mol.